The van der Waals surface area contributed by atoms with Crippen LogP contribution in [0.2, 0.25) is 0 Å². The maximum atomic E-state index is 12.2. The van der Waals surface area contributed by atoms with Crippen LogP contribution in [0, 0.1) is 0 Å². The van der Waals surface area contributed by atoms with Crippen molar-refractivity contribution in [3.8, 4) is 5.75 Å². The van der Waals surface area contributed by atoms with Gasteiger partial charge in [-0.2, -0.15) is 0 Å². The van der Waals surface area contributed by atoms with E-state index >= 15 is 0 Å². The summed E-state index contributed by atoms with van der Waals surface area (Å²) in [6.07, 6.45) is 2.24. The molecule has 0 aromatic heterocycles. The predicted molar refractivity (Wildman–Crippen MR) is 88.5 cm³/mol. The third-order valence-electron chi connectivity index (χ3n) is 3.86. The molecule has 0 bridgehead atoms. The Balaban J connectivity index is 1.54. The summed E-state index contributed by atoms with van der Waals surface area (Å²) >= 11 is 0. The molecule has 2 aromatic rings. The van der Waals surface area contributed by atoms with Crippen molar-refractivity contribution in [2.45, 2.75) is 25.6 Å². The Morgan fingerprint density at radius 1 is 1.17 bits per heavy atom. The molecule has 0 aliphatic carbocycles. The van der Waals surface area contributed by atoms with Gasteiger partial charge in [-0.15, -0.1) is 0 Å². The molecule has 1 fully saturated rings. The van der Waals surface area contributed by atoms with Crippen LogP contribution in [-0.2, 0) is 11.3 Å². The number of amides is 1. The fourth-order valence-corrected chi connectivity index (χ4v) is 2.58. The molecule has 3 rings (SSSR count). The summed E-state index contributed by atoms with van der Waals surface area (Å²) in [7, 11) is 0. The van der Waals surface area contributed by atoms with E-state index in [0.717, 1.165) is 25.0 Å². The maximum absolute atomic E-state index is 12.2. The zero-order chi connectivity index (χ0) is 15.9. The van der Waals surface area contributed by atoms with Crippen molar-refractivity contribution >= 4 is 5.91 Å². The van der Waals surface area contributed by atoms with Crippen LogP contribution >= 0.6 is 0 Å². The number of ether oxygens (including phenoxy) is 2. The number of hydrogen-bond donors (Lipinski definition) is 1. The van der Waals surface area contributed by atoms with Crippen molar-refractivity contribution in [2.75, 3.05) is 13.2 Å². The molecule has 120 valence electrons. The van der Waals surface area contributed by atoms with E-state index in [9.17, 15) is 4.79 Å². The van der Waals surface area contributed by atoms with E-state index in [0.29, 0.717) is 24.5 Å². The van der Waals surface area contributed by atoms with Gasteiger partial charge < -0.3 is 14.8 Å². The molecule has 1 N–H and O–H groups in total. The van der Waals surface area contributed by atoms with Crippen molar-refractivity contribution in [1.82, 2.24) is 5.32 Å². The van der Waals surface area contributed by atoms with Crippen LogP contribution in [0.1, 0.15) is 28.8 Å². The standard InChI is InChI=1S/C19H21NO3/c21-19(20-13-18-10-5-11-22-18)16-8-4-9-17(12-16)23-14-15-6-2-1-3-7-15/h1-4,6-9,12,18H,5,10-11,13-14H2,(H,20,21). The summed E-state index contributed by atoms with van der Waals surface area (Å²) in [4.78, 5) is 12.2. The van der Waals surface area contributed by atoms with E-state index in [1.165, 1.54) is 0 Å². The molecule has 4 heteroatoms. The lowest BCUT2D eigenvalue weighted by atomic mass is 10.2. The summed E-state index contributed by atoms with van der Waals surface area (Å²) in [5, 5.41) is 2.92. The normalized spacial score (nSPS) is 17.0. The lowest BCUT2D eigenvalue weighted by molar-refractivity contribution is 0.0857. The second-order valence-corrected chi connectivity index (χ2v) is 5.65. The molecule has 1 atom stereocenters. The van der Waals surface area contributed by atoms with E-state index in [2.05, 4.69) is 5.32 Å². The molecular weight excluding hydrogens is 290 g/mol. The van der Waals surface area contributed by atoms with Gasteiger partial charge in [-0.05, 0) is 36.6 Å². The Hall–Kier alpha value is -2.33. The van der Waals surface area contributed by atoms with Crippen LogP contribution in [0.25, 0.3) is 0 Å². The van der Waals surface area contributed by atoms with E-state index in [1.54, 1.807) is 12.1 Å². The Kier molecular flexibility index (Phi) is 5.27. The lowest BCUT2D eigenvalue weighted by Gasteiger charge is -2.12. The first kappa shape index (κ1) is 15.6. The first-order chi connectivity index (χ1) is 11.3. The fourth-order valence-electron chi connectivity index (χ4n) is 2.58. The predicted octanol–water partition coefficient (Wildman–Crippen LogP) is 3.17. The number of nitrogens with one attached hydrogen (secondary N) is 1. The highest BCUT2D eigenvalue weighted by atomic mass is 16.5. The first-order valence-electron chi connectivity index (χ1n) is 7.98. The minimum absolute atomic E-state index is 0.0920. The fraction of sp³-hybridized carbons (Fsp3) is 0.316. The van der Waals surface area contributed by atoms with Gasteiger partial charge in [-0.3, -0.25) is 4.79 Å². The second-order valence-electron chi connectivity index (χ2n) is 5.65. The van der Waals surface area contributed by atoms with Crippen LogP contribution in [0.4, 0.5) is 0 Å². The molecule has 0 saturated carbocycles. The van der Waals surface area contributed by atoms with Gasteiger partial charge >= 0.3 is 0 Å². The summed E-state index contributed by atoms with van der Waals surface area (Å²) in [6.45, 7) is 1.85. The molecule has 23 heavy (non-hydrogen) atoms. The average molecular weight is 311 g/mol. The van der Waals surface area contributed by atoms with E-state index < -0.39 is 0 Å². The smallest absolute Gasteiger partial charge is 0.251 e. The molecule has 1 saturated heterocycles. The number of rotatable bonds is 6. The van der Waals surface area contributed by atoms with Gasteiger partial charge in [-0.25, -0.2) is 0 Å². The van der Waals surface area contributed by atoms with Crippen molar-refractivity contribution in [2.24, 2.45) is 0 Å². The Labute approximate surface area is 136 Å². The van der Waals surface area contributed by atoms with Gasteiger partial charge in [0.05, 0.1) is 6.10 Å². The molecule has 1 aliphatic heterocycles. The second kappa shape index (κ2) is 7.79. The summed E-state index contributed by atoms with van der Waals surface area (Å²) in [6, 6.07) is 17.2. The van der Waals surface area contributed by atoms with Gasteiger partial charge in [0.2, 0.25) is 0 Å². The molecule has 1 aliphatic rings. The molecule has 1 amide bonds. The number of hydrogen-bond acceptors (Lipinski definition) is 3. The molecule has 0 spiro atoms. The Bertz CT molecular complexity index is 636. The third-order valence-corrected chi connectivity index (χ3v) is 3.86. The zero-order valence-electron chi connectivity index (χ0n) is 13.0. The zero-order valence-corrected chi connectivity index (χ0v) is 13.0. The molecule has 0 radical (unpaired) electrons. The number of carbonyl (C=O) groups excluding carboxylic acids is 1. The van der Waals surface area contributed by atoms with E-state index in [1.807, 2.05) is 42.5 Å². The SMILES string of the molecule is O=C(NCC1CCCO1)c1cccc(OCc2ccccc2)c1. The molecule has 2 aromatic carbocycles. The highest BCUT2D eigenvalue weighted by molar-refractivity contribution is 5.94. The minimum atomic E-state index is -0.0920. The van der Waals surface area contributed by atoms with Crippen LogP contribution in [0.3, 0.4) is 0 Å². The van der Waals surface area contributed by atoms with Gasteiger partial charge in [-0.1, -0.05) is 36.4 Å². The highest BCUT2D eigenvalue weighted by Crippen LogP contribution is 2.16. The average Bonchev–Trinajstić information content (AvgIpc) is 3.12. The number of carbonyl (C=O) groups is 1. The van der Waals surface area contributed by atoms with E-state index in [-0.39, 0.29) is 12.0 Å². The van der Waals surface area contributed by atoms with Crippen molar-refractivity contribution in [3.05, 3.63) is 65.7 Å². The van der Waals surface area contributed by atoms with Gasteiger partial charge in [0, 0.05) is 18.7 Å². The molecule has 1 unspecified atom stereocenters. The minimum Gasteiger partial charge on any atom is -0.489 e. The maximum Gasteiger partial charge on any atom is 0.251 e. The van der Waals surface area contributed by atoms with Crippen molar-refractivity contribution in [1.29, 1.82) is 0 Å². The van der Waals surface area contributed by atoms with Gasteiger partial charge in [0.1, 0.15) is 12.4 Å². The molecule has 1 heterocycles. The van der Waals surface area contributed by atoms with Crippen molar-refractivity contribution < 1.29 is 14.3 Å². The van der Waals surface area contributed by atoms with Crippen LogP contribution in [0.15, 0.2) is 54.6 Å². The topological polar surface area (TPSA) is 47.6 Å². The largest absolute Gasteiger partial charge is 0.489 e. The van der Waals surface area contributed by atoms with Crippen LogP contribution in [0.5, 0.6) is 5.75 Å². The highest BCUT2D eigenvalue weighted by Gasteiger charge is 2.16. The van der Waals surface area contributed by atoms with Gasteiger partial charge in [0.15, 0.2) is 0 Å². The summed E-state index contributed by atoms with van der Waals surface area (Å²) < 4.78 is 11.3. The van der Waals surface area contributed by atoms with Gasteiger partial charge in [0.25, 0.3) is 5.91 Å². The molecular formula is C19H21NO3. The summed E-state index contributed by atoms with van der Waals surface area (Å²) in [5.74, 6) is 0.601. The molecule has 4 nitrogen and oxygen atoms in total. The number of benzene rings is 2. The third kappa shape index (κ3) is 4.57. The van der Waals surface area contributed by atoms with E-state index in [4.69, 9.17) is 9.47 Å². The first-order valence-corrected chi connectivity index (χ1v) is 7.98. The Morgan fingerprint density at radius 3 is 2.83 bits per heavy atom. The summed E-state index contributed by atoms with van der Waals surface area (Å²) in [5.41, 5.74) is 1.70. The van der Waals surface area contributed by atoms with Crippen LogP contribution < -0.4 is 10.1 Å². The van der Waals surface area contributed by atoms with Crippen molar-refractivity contribution in [3.63, 3.8) is 0 Å². The monoisotopic (exact) mass is 311 g/mol. The van der Waals surface area contributed by atoms with Crippen LogP contribution in [-0.4, -0.2) is 25.2 Å². The quantitative estimate of drug-likeness (QED) is 0.891. The Morgan fingerprint density at radius 2 is 2.04 bits per heavy atom. The lowest BCUT2D eigenvalue weighted by Crippen LogP contribution is -2.31.